The van der Waals surface area contributed by atoms with Crippen LogP contribution in [-0.4, -0.2) is 28.9 Å². The maximum Gasteiger partial charge on any atom is 0.151 e. The van der Waals surface area contributed by atoms with Gasteiger partial charge in [-0.3, -0.25) is 0 Å². The van der Waals surface area contributed by atoms with E-state index in [1.807, 2.05) is 0 Å². The summed E-state index contributed by atoms with van der Waals surface area (Å²) in [4.78, 5) is 3.72. The van der Waals surface area contributed by atoms with E-state index in [2.05, 4.69) is 16.8 Å². The van der Waals surface area contributed by atoms with Crippen LogP contribution in [0, 0.1) is 17.7 Å². The van der Waals surface area contributed by atoms with Gasteiger partial charge in [-0.15, -0.1) is 0 Å². The van der Waals surface area contributed by atoms with Crippen LogP contribution in [0.2, 0.25) is 5.15 Å². The van der Waals surface area contributed by atoms with E-state index < -0.39 is 11.4 Å². The van der Waals surface area contributed by atoms with Crippen molar-refractivity contribution >= 4 is 11.6 Å². The molecule has 0 radical (unpaired) electrons. The first-order valence-electron chi connectivity index (χ1n) is 4.73. The van der Waals surface area contributed by atoms with Gasteiger partial charge in [0.15, 0.2) is 5.60 Å². The Balaban J connectivity index is 2.23. The van der Waals surface area contributed by atoms with Crippen LogP contribution in [-0.2, 0) is 4.74 Å². The highest BCUT2D eigenvalue weighted by Gasteiger charge is 2.29. The van der Waals surface area contributed by atoms with E-state index in [9.17, 15) is 9.50 Å². The maximum atomic E-state index is 13.3. The molecule has 0 saturated carbocycles. The van der Waals surface area contributed by atoms with Crippen LogP contribution < -0.4 is 0 Å². The lowest BCUT2D eigenvalue weighted by Crippen LogP contribution is -2.26. The van der Waals surface area contributed by atoms with Crippen molar-refractivity contribution in [2.24, 2.45) is 0 Å². The Labute approximate surface area is 97.2 Å². The number of ether oxygens (including phenoxy) is 1. The van der Waals surface area contributed by atoms with Gasteiger partial charge < -0.3 is 9.84 Å². The SMILES string of the molecule is OC1(C#Cc2cnc(Cl)cc2F)CCOC1. The third-order valence-corrected chi connectivity index (χ3v) is 2.46. The van der Waals surface area contributed by atoms with Crippen LogP contribution in [0.15, 0.2) is 12.3 Å². The molecule has 2 heterocycles. The van der Waals surface area contributed by atoms with Gasteiger partial charge in [-0.25, -0.2) is 9.37 Å². The average Bonchev–Trinajstić information content (AvgIpc) is 2.64. The minimum Gasteiger partial charge on any atom is -0.377 e. The van der Waals surface area contributed by atoms with Gasteiger partial charge in [0.1, 0.15) is 11.0 Å². The molecule has 1 atom stereocenters. The maximum absolute atomic E-state index is 13.3. The van der Waals surface area contributed by atoms with Gasteiger partial charge in [0.25, 0.3) is 0 Å². The summed E-state index contributed by atoms with van der Waals surface area (Å²) in [5, 5.41) is 9.91. The topological polar surface area (TPSA) is 42.4 Å². The molecule has 16 heavy (non-hydrogen) atoms. The first-order valence-corrected chi connectivity index (χ1v) is 5.11. The molecule has 2 rings (SSSR count). The molecular formula is C11H9ClFNO2. The van der Waals surface area contributed by atoms with Gasteiger partial charge in [0.05, 0.1) is 18.8 Å². The number of hydrogen-bond donors (Lipinski definition) is 1. The third-order valence-electron chi connectivity index (χ3n) is 2.25. The summed E-state index contributed by atoms with van der Waals surface area (Å²) < 4.78 is 18.3. The molecule has 1 N–H and O–H groups in total. The molecule has 5 heteroatoms. The molecule has 1 fully saturated rings. The zero-order valence-electron chi connectivity index (χ0n) is 8.33. The van der Waals surface area contributed by atoms with Crippen molar-refractivity contribution in [2.75, 3.05) is 13.2 Å². The summed E-state index contributed by atoms with van der Waals surface area (Å²) in [6.07, 6.45) is 1.67. The van der Waals surface area contributed by atoms with Gasteiger partial charge in [0, 0.05) is 18.7 Å². The molecule has 1 unspecified atom stereocenters. The highest BCUT2D eigenvalue weighted by Crippen LogP contribution is 2.17. The zero-order valence-corrected chi connectivity index (χ0v) is 9.09. The second-order valence-electron chi connectivity index (χ2n) is 3.57. The van der Waals surface area contributed by atoms with E-state index >= 15 is 0 Å². The van der Waals surface area contributed by atoms with E-state index in [-0.39, 0.29) is 17.3 Å². The van der Waals surface area contributed by atoms with Crippen LogP contribution >= 0.6 is 11.6 Å². The molecule has 1 aliphatic heterocycles. The number of rotatable bonds is 0. The van der Waals surface area contributed by atoms with Gasteiger partial charge in [-0.05, 0) is 0 Å². The molecule has 0 amide bonds. The average molecular weight is 242 g/mol. The first-order chi connectivity index (χ1) is 7.59. The van der Waals surface area contributed by atoms with E-state index in [1.54, 1.807) is 0 Å². The summed E-state index contributed by atoms with van der Waals surface area (Å²) in [6, 6.07) is 1.08. The molecular weight excluding hydrogens is 233 g/mol. The normalized spacial score (nSPS) is 23.9. The van der Waals surface area contributed by atoms with Gasteiger partial charge in [-0.1, -0.05) is 23.4 Å². The summed E-state index contributed by atoms with van der Waals surface area (Å²) in [7, 11) is 0. The molecule has 0 aliphatic carbocycles. The summed E-state index contributed by atoms with van der Waals surface area (Å²) in [5.74, 6) is 4.59. The Bertz CT molecular complexity index is 461. The summed E-state index contributed by atoms with van der Waals surface area (Å²) in [5.41, 5.74) is -1.06. The van der Waals surface area contributed by atoms with E-state index in [0.717, 1.165) is 6.07 Å². The minimum atomic E-state index is -1.17. The smallest absolute Gasteiger partial charge is 0.151 e. The number of halogens is 2. The fourth-order valence-corrected chi connectivity index (χ4v) is 1.48. The molecule has 3 nitrogen and oxygen atoms in total. The minimum absolute atomic E-state index is 0.0750. The lowest BCUT2D eigenvalue weighted by atomic mass is 10.0. The van der Waals surface area contributed by atoms with Crippen molar-refractivity contribution in [3.05, 3.63) is 28.8 Å². The molecule has 0 bridgehead atoms. The standard InChI is InChI=1S/C11H9ClFNO2/c12-10-5-9(13)8(6-14-10)1-2-11(15)3-4-16-7-11/h5-6,15H,3-4,7H2. The predicted molar refractivity (Wildman–Crippen MR) is 56.5 cm³/mol. The van der Waals surface area contributed by atoms with Crippen molar-refractivity contribution in [3.8, 4) is 11.8 Å². The molecule has 1 aromatic heterocycles. The Morgan fingerprint density at radius 1 is 1.62 bits per heavy atom. The Hall–Kier alpha value is -1.15. The largest absolute Gasteiger partial charge is 0.377 e. The zero-order chi connectivity index (χ0) is 11.6. The van der Waals surface area contributed by atoms with Crippen LogP contribution in [0.4, 0.5) is 4.39 Å². The van der Waals surface area contributed by atoms with Crippen molar-refractivity contribution in [1.29, 1.82) is 0 Å². The molecule has 1 saturated heterocycles. The van der Waals surface area contributed by atoms with E-state index in [0.29, 0.717) is 13.0 Å². The predicted octanol–water partition coefficient (Wildman–Crippen LogP) is 1.38. The van der Waals surface area contributed by atoms with E-state index in [4.69, 9.17) is 16.3 Å². The van der Waals surface area contributed by atoms with Crippen LogP contribution in [0.25, 0.3) is 0 Å². The van der Waals surface area contributed by atoms with Crippen molar-refractivity contribution in [3.63, 3.8) is 0 Å². The number of nitrogens with zero attached hydrogens (tertiary/aromatic N) is 1. The monoisotopic (exact) mass is 241 g/mol. The number of aromatic nitrogens is 1. The van der Waals surface area contributed by atoms with Crippen molar-refractivity contribution in [2.45, 2.75) is 12.0 Å². The van der Waals surface area contributed by atoms with E-state index in [1.165, 1.54) is 6.20 Å². The van der Waals surface area contributed by atoms with Gasteiger partial charge in [-0.2, -0.15) is 0 Å². The third kappa shape index (κ3) is 2.50. The Kier molecular flexibility index (Phi) is 3.10. The lowest BCUT2D eigenvalue weighted by Gasteiger charge is -2.10. The first kappa shape index (κ1) is 11.3. The van der Waals surface area contributed by atoms with Crippen molar-refractivity contribution < 1.29 is 14.2 Å². The second kappa shape index (κ2) is 4.38. The molecule has 84 valence electrons. The Morgan fingerprint density at radius 3 is 3.06 bits per heavy atom. The lowest BCUT2D eigenvalue weighted by molar-refractivity contribution is 0.0765. The number of aliphatic hydroxyl groups is 1. The molecule has 1 aromatic rings. The fraction of sp³-hybridized carbons (Fsp3) is 0.364. The quantitative estimate of drug-likeness (QED) is 0.551. The highest BCUT2D eigenvalue weighted by atomic mass is 35.5. The van der Waals surface area contributed by atoms with Gasteiger partial charge in [0.2, 0.25) is 0 Å². The van der Waals surface area contributed by atoms with Crippen molar-refractivity contribution in [1.82, 2.24) is 4.98 Å². The van der Waals surface area contributed by atoms with Crippen LogP contribution in [0.3, 0.4) is 0 Å². The number of pyridine rings is 1. The fourth-order valence-electron chi connectivity index (χ4n) is 1.34. The van der Waals surface area contributed by atoms with Crippen LogP contribution in [0.5, 0.6) is 0 Å². The molecule has 0 spiro atoms. The molecule has 0 aromatic carbocycles. The Morgan fingerprint density at radius 2 is 2.44 bits per heavy atom. The van der Waals surface area contributed by atoms with Gasteiger partial charge >= 0.3 is 0 Å². The second-order valence-corrected chi connectivity index (χ2v) is 3.96. The summed E-state index contributed by atoms with van der Waals surface area (Å²) in [6.45, 7) is 0.620. The van der Waals surface area contributed by atoms with Crippen LogP contribution in [0.1, 0.15) is 12.0 Å². The molecule has 1 aliphatic rings. The summed E-state index contributed by atoms with van der Waals surface area (Å²) >= 11 is 5.50. The highest BCUT2D eigenvalue weighted by molar-refractivity contribution is 6.29. The number of hydrogen-bond acceptors (Lipinski definition) is 3.